The summed E-state index contributed by atoms with van der Waals surface area (Å²) in [5, 5.41) is 8.34. The number of nitrogens with one attached hydrogen (secondary N) is 3. The van der Waals surface area contributed by atoms with E-state index in [0.29, 0.717) is 10.7 Å². The van der Waals surface area contributed by atoms with Gasteiger partial charge in [-0.15, -0.1) is 0 Å². The van der Waals surface area contributed by atoms with Gasteiger partial charge >= 0.3 is 12.1 Å². The quantitative estimate of drug-likeness (QED) is 0.679. The van der Waals surface area contributed by atoms with Gasteiger partial charge in [0.1, 0.15) is 0 Å². The number of hydrogen-bond acceptors (Lipinski definition) is 4. The van der Waals surface area contributed by atoms with Crippen molar-refractivity contribution in [2.75, 3.05) is 5.32 Å². The van der Waals surface area contributed by atoms with Gasteiger partial charge in [0.05, 0.1) is 12.6 Å². The number of imide groups is 1. The first-order valence-electron chi connectivity index (χ1n) is 8.67. The van der Waals surface area contributed by atoms with Crippen molar-refractivity contribution in [3.63, 3.8) is 0 Å². The van der Waals surface area contributed by atoms with Crippen LogP contribution in [0.2, 0.25) is 5.02 Å². The molecule has 2 aromatic carbocycles. The molecule has 1 fully saturated rings. The van der Waals surface area contributed by atoms with Crippen LogP contribution in [0.3, 0.4) is 0 Å². The number of rotatable bonds is 6. The van der Waals surface area contributed by atoms with E-state index in [4.69, 9.17) is 16.3 Å². The Morgan fingerprint density at radius 1 is 1.21 bits per heavy atom. The van der Waals surface area contributed by atoms with Crippen molar-refractivity contribution in [2.24, 2.45) is 0 Å². The van der Waals surface area contributed by atoms with Gasteiger partial charge in [-0.1, -0.05) is 23.7 Å². The molecule has 3 N–H and O–H groups in total. The topological polar surface area (TPSA) is 82.7 Å². The zero-order chi connectivity index (χ0) is 20.3. The molecule has 0 radical (unpaired) electrons. The molecule has 1 unspecified atom stereocenters. The predicted octanol–water partition coefficient (Wildman–Crippen LogP) is 3.90. The lowest BCUT2D eigenvalue weighted by Gasteiger charge is -2.36. The zero-order valence-electron chi connectivity index (χ0n) is 15.3. The normalized spacial score (nSPS) is 16.6. The predicted molar refractivity (Wildman–Crippen MR) is 104 cm³/mol. The number of anilines is 1. The summed E-state index contributed by atoms with van der Waals surface area (Å²) in [4.78, 5) is 25.4. The highest BCUT2D eigenvalue weighted by Gasteiger charge is 2.32. The van der Waals surface area contributed by atoms with Gasteiger partial charge in [0.15, 0.2) is 17.9 Å². The molecule has 1 aliphatic rings. The molecule has 0 saturated carbocycles. The van der Waals surface area contributed by atoms with Crippen molar-refractivity contribution in [3.8, 4) is 5.75 Å². The second-order valence-electron chi connectivity index (χ2n) is 6.52. The number of amides is 4. The van der Waals surface area contributed by atoms with E-state index in [1.54, 1.807) is 44.2 Å². The Morgan fingerprint density at radius 3 is 2.57 bits per heavy atom. The molecular formula is C19H20ClFN4O3. The number of halogens is 2. The van der Waals surface area contributed by atoms with Crippen LogP contribution in [0.5, 0.6) is 5.75 Å². The van der Waals surface area contributed by atoms with Crippen molar-refractivity contribution >= 4 is 29.4 Å². The van der Waals surface area contributed by atoms with Gasteiger partial charge < -0.3 is 10.1 Å². The van der Waals surface area contributed by atoms with Gasteiger partial charge in [-0.2, -0.15) is 0 Å². The van der Waals surface area contributed by atoms with Crippen LogP contribution >= 0.6 is 11.6 Å². The molecule has 0 bridgehead atoms. The van der Waals surface area contributed by atoms with Gasteiger partial charge in [-0.3, -0.25) is 15.5 Å². The largest absolute Gasteiger partial charge is 0.488 e. The number of benzene rings is 2. The van der Waals surface area contributed by atoms with E-state index >= 15 is 0 Å². The third kappa shape index (κ3) is 4.83. The number of nitrogens with zero attached hydrogens (tertiary/aromatic N) is 1. The molecule has 7 nitrogen and oxygen atoms in total. The van der Waals surface area contributed by atoms with Gasteiger partial charge in [-0.25, -0.2) is 14.0 Å². The lowest BCUT2D eigenvalue weighted by Crippen LogP contribution is -2.65. The van der Waals surface area contributed by atoms with Crippen LogP contribution in [-0.4, -0.2) is 29.4 Å². The smallest absolute Gasteiger partial charge is 0.328 e. The third-order valence-corrected chi connectivity index (χ3v) is 4.18. The van der Waals surface area contributed by atoms with Crippen LogP contribution in [0.25, 0.3) is 0 Å². The van der Waals surface area contributed by atoms with Crippen molar-refractivity contribution in [3.05, 3.63) is 58.9 Å². The number of urea groups is 2. The van der Waals surface area contributed by atoms with Crippen molar-refractivity contribution < 1.29 is 18.7 Å². The summed E-state index contributed by atoms with van der Waals surface area (Å²) in [6, 6.07) is 10.1. The Labute approximate surface area is 166 Å². The monoisotopic (exact) mass is 406 g/mol. The highest BCUT2D eigenvalue weighted by atomic mass is 35.5. The lowest BCUT2D eigenvalue weighted by atomic mass is 10.2. The number of carbonyl (C=O) groups excluding carboxylic acids is 2. The van der Waals surface area contributed by atoms with E-state index < -0.39 is 24.2 Å². The molecule has 4 amide bonds. The lowest BCUT2D eigenvalue weighted by molar-refractivity contribution is 0.149. The molecule has 2 aromatic rings. The minimum atomic E-state index is -0.867. The molecule has 148 valence electrons. The Hall–Kier alpha value is -3.00. The van der Waals surface area contributed by atoms with Crippen LogP contribution in [0.1, 0.15) is 19.4 Å². The fourth-order valence-corrected chi connectivity index (χ4v) is 2.81. The van der Waals surface area contributed by atoms with E-state index in [2.05, 4.69) is 16.0 Å². The minimum absolute atomic E-state index is 0.129. The number of ether oxygens (including phenoxy) is 1. The van der Waals surface area contributed by atoms with Gasteiger partial charge in [-0.05, 0) is 43.7 Å². The van der Waals surface area contributed by atoms with Crippen LogP contribution < -0.4 is 20.7 Å². The molecule has 0 aliphatic carbocycles. The van der Waals surface area contributed by atoms with E-state index in [1.807, 2.05) is 0 Å². The molecule has 3 rings (SSSR count). The fourth-order valence-electron chi connectivity index (χ4n) is 2.69. The van der Waals surface area contributed by atoms with E-state index in [0.717, 1.165) is 5.56 Å². The molecule has 9 heteroatoms. The standard InChI is InChI=1S/C19H20ClFN4O3/c1-11(2)28-16-8-7-14(9-15(16)21)22-17-23-18(26)24-19(27)25(17)10-12-3-5-13(20)6-4-12/h3-9,11,17,22H,10H2,1-2H3,(H2,23,24,26,27). The van der Waals surface area contributed by atoms with Crippen LogP contribution in [0, 0.1) is 5.82 Å². The molecule has 1 atom stereocenters. The Balaban J connectivity index is 1.78. The summed E-state index contributed by atoms with van der Waals surface area (Å²) in [5.74, 6) is -0.418. The fraction of sp³-hybridized carbons (Fsp3) is 0.263. The number of carbonyl (C=O) groups is 2. The summed E-state index contributed by atoms with van der Waals surface area (Å²) in [7, 11) is 0. The summed E-state index contributed by atoms with van der Waals surface area (Å²) >= 11 is 5.89. The van der Waals surface area contributed by atoms with Crippen LogP contribution in [-0.2, 0) is 6.54 Å². The van der Waals surface area contributed by atoms with E-state index in [-0.39, 0.29) is 18.4 Å². The zero-order valence-corrected chi connectivity index (χ0v) is 16.1. The van der Waals surface area contributed by atoms with E-state index in [9.17, 15) is 14.0 Å². The number of hydrogen-bond donors (Lipinski definition) is 3. The van der Waals surface area contributed by atoms with Gasteiger partial charge in [0, 0.05) is 16.8 Å². The maximum absolute atomic E-state index is 14.2. The second kappa shape index (κ2) is 8.35. The molecular weight excluding hydrogens is 387 g/mol. The average Bonchev–Trinajstić information content (AvgIpc) is 2.61. The molecule has 0 spiro atoms. The minimum Gasteiger partial charge on any atom is -0.488 e. The highest BCUT2D eigenvalue weighted by molar-refractivity contribution is 6.30. The first-order chi connectivity index (χ1) is 13.3. The Kier molecular flexibility index (Phi) is 5.89. The molecule has 0 aromatic heterocycles. The summed E-state index contributed by atoms with van der Waals surface area (Å²) in [6.07, 6.45) is -1.03. The average molecular weight is 407 g/mol. The molecule has 28 heavy (non-hydrogen) atoms. The molecule has 1 aliphatic heterocycles. The molecule has 1 saturated heterocycles. The van der Waals surface area contributed by atoms with Crippen molar-refractivity contribution in [2.45, 2.75) is 32.8 Å². The van der Waals surface area contributed by atoms with E-state index in [1.165, 1.54) is 17.0 Å². The maximum atomic E-state index is 14.2. The Morgan fingerprint density at radius 2 is 1.93 bits per heavy atom. The summed E-state index contributed by atoms with van der Waals surface area (Å²) in [6.45, 7) is 3.81. The first-order valence-corrected chi connectivity index (χ1v) is 9.05. The van der Waals surface area contributed by atoms with Gasteiger partial charge in [0.25, 0.3) is 0 Å². The Bertz CT molecular complexity index is 876. The highest BCUT2D eigenvalue weighted by Crippen LogP contribution is 2.23. The summed E-state index contributed by atoms with van der Waals surface area (Å²) < 4.78 is 19.6. The SMILES string of the molecule is CC(C)Oc1ccc(NC2NC(=O)NC(=O)N2Cc2ccc(Cl)cc2)cc1F. The maximum Gasteiger partial charge on any atom is 0.328 e. The van der Waals surface area contributed by atoms with Crippen molar-refractivity contribution in [1.29, 1.82) is 0 Å². The van der Waals surface area contributed by atoms with Crippen LogP contribution in [0.15, 0.2) is 42.5 Å². The molecule has 1 heterocycles. The van der Waals surface area contributed by atoms with Crippen molar-refractivity contribution in [1.82, 2.24) is 15.5 Å². The van der Waals surface area contributed by atoms with Crippen LogP contribution in [0.4, 0.5) is 19.7 Å². The first kappa shape index (κ1) is 19.8. The van der Waals surface area contributed by atoms with Gasteiger partial charge in [0.2, 0.25) is 0 Å². The third-order valence-electron chi connectivity index (χ3n) is 3.92. The summed E-state index contributed by atoms with van der Waals surface area (Å²) in [5.41, 5.74) is 1.20. The second-order valence-corrected chi connectivity index (χ2v) is 6.95.